The van der Waals surface area contributed by atoms with Crippen molar-refractivity contribution in [1.82, 2.24) is 15.3 Å². The van der Waals surface area contributed by atoms with Gasteiger partial charge in [0.1, 0.15) is 17.2 Å². The molecule has 30 heavy (non-hydrogen) atoms. The number of rotatable bonds is 7. The zero-order chi connectivity index (χ0) is 20.9. The summed E-state index contributed by atoms with van der Waals surface area (Å²) >= 11 is 4.78. The molecule has 1 saturated carbocycles. The van der Waals surface area contributed by atoms with Crippen LogP contribution in [0.25, 0.3) is 0 Å². The van der Waals surface area contributed by atoms with Crippen molar-refractivity contribution in [3.63, 3.8) is 0 Å². The highest BCUT2D eigenvalue weighted by molar-refractivity contribution is 9.10. The number of benzene rings is 1. The summed E-state index contributed by atoms with van der Waals surface area (Å²) in [6.07, 6.45) is 5.44. The molecule has 4 rings (SSSR count). The maximum atomic E-state index is 12.2. The highest BCUT2D eigenvalue weighted by Crippen LogP contribution is 2.26. The highest BCUT2D eigenvalue weighted by Gasteiger charge is 2.30. The lowest BCUT2D eigenvalue weighted by Gasteiger charge is -2.32. The van der Waals surface area contributed by atoms with E-state index in [1.54, 1.807) is 0 Å². The van der Waals surface area contributed by atoms with Crippen molar-refractivity contribution >= 4 is 51.0 Å². The third kappa shape index (κ3) is 5.95. The molecule has 9 heteroatoms. The van der Waals surface area contributed by atoms with Gasteiger partial charge in [0.05, 0.1) is 5.75 Å². The van der Waals surface area contributed by atoms with Crippen LogP contribution in [0.4, 0.5) is 11.5 Å². The molecular formula is C21H24BrN5O2S. The van der Waals surface area contributed by atoms with Crippen molar-refractivity contribution in [2.45, 2.75) is 36.8 Å². The fourth-order valence-corrected chi connectivity index (χ4v) is 4.46. The van der Waals surface area contributed by atoms with Gasteiger partial charge in [0, 0.05) is 41.3 Å². The quantitative estimate of drug-likeness (QED) is 0.457. The first-order valence-corrected chi connectivity index (χ1v) is 11.9. The molecule has 1 aliphatic heterocycles. The van der Waals surface area contributed by atoms with Gasteiger partial charge in [0.25, 0.3) is 0 Å². The van der Waals surface area contributed by atoms with Crippen LogP contribution in [0.3, 0.4) is 0 Å². The van der Waals surface area contributed by atoms with Crippen molar-refractivity contribution in [3.05, 3.63) is 41.1 Å². The van der Waals surface area contributed by atoms with Gasteiger partial charge in [-0.3, -0.25) is 9.59 Å². The van der Waals surface area contributed by atoms with E-state index < -0.39 is 0 Å². The average molecular weight is 490 g/mol. The second-order valence-electron chi connectivity index (χ2n) is 7.61. The van der Waals surface area contributed by atoms with Crippen molar-refractivity contribution < 1.29 is 9.59 Å². The molecule has 2 N–H and O–H groups in total. The third-order valence-corrected chi connectivity index (χ3v) is 6.62. The maximum Gasteiger partial charge on any atom is 0.234 e. The van der Waals surface area contributed by atoms with Crippen LogP contribution < -0.4 is 15.5 Å². The lowest BCUT2D eigenvalue weighted by atomic mass is 9.96. The van der Waals surface area contributed by atoms with Crippen LogP contribution in [0.15, 0.2) is 46.2 Å². The molecule has 1 saturated heterocycles. The molecule has 0 bridgehead atoms. The Kier molecular flexibility index (Phi) is 6.89. The number of hydrogen-bond acceptors (Lipinski definition) is 6. The minimum absolute atomic E-state index is 0.0826. The monoisotopic (exact) mass is 489 g/mol. The van der Waals surface area contributed by atoms with Crippen molar-refractivity contribution in [1.29, 1.82) is 0 Å². The number of hydrogen-bond donors (Lipinski definition) is 2. The first kappa shape index (κ1) is 21.1. The van der Waals surface area contributed by atoms with Crippen molar-refractivity contribution in [3.8, 4) is 0 Å². The van der Waals surface area contributed by atoms with E-state index in [4.69, 9.17) is 0 Å². The Morgan fingerprint density at radius 2 is 1.93 bits per heavy atom. The van der Waals surface area contributed by atoms with Gasteiger partial charge in [-0.1, -0.05) is 33.8 Å². The molecule has 2 amide bonds. The zero-order valence-electron chi connectivity index (χ0n) is 16.5. The highest BCUT2D eigenvalue weighted by atomic mass is 79.9. The minimum atomic E-state index is -0.0826. The number of amides is 2. The summed E-state index contributed by atoms with van der Waals surface area (Å²) in [4.78, 5) is 35.3. The Morgan fingerprint density at radius 3 is 2.67 bits per heavy atom. The molecule has 0 radical (unpaired) electrons. The van der Waals surface area contributed by atoms with Crippen LogP contribution in [0.1, 0.15) is 25.7 Å². The Bertz CT molecular complexity index is 916. The summed E-state index contributed by atoms with van der Waals surface area (Å²) in [5.41, 5.74) is 0.756. The molecule has 7 nitrogen and oxygen atoms in total. The SMILES string of the molecule is O=C(CSc1cc(N2CCC(C(=O)NC3CC3)CC2)ncn1)Nc1cccc(Br)c1. The summed E-state index contributed by atoms with van der Waals surface area (Å²) < 4.78 is 0.919. The zero-order valence-corrected chi connectivity index (χ0v) is 18.9. The van der Waals surface area contributed by atoms with E-state index in [0.29, 0.717) is 6.04 Å². The van der Waals surface area contributed by atoms with E-state index >= 15 is 0 Å². The lowest BCUT2D eigenvalue weighted by Crippen LogP contribution is -2.41. The van der Waals surface area contributed by atoms with Gasteiger partial charge in [-0.15, -0.1) is 0 Å². The fourth-order valence-electron chi connectivity index (χ4n) is 3.40. The van der Waals surface area contributed by atoms with Crippen LogP contribution in [-0.2, 0) is 9.59 Å². The number of carbonyl (C=O) groups excluding carboxylic acids is 2. The number of thioether (sulfide) groups is 1. The van der Waals surface area contributed by atoms with Gasteiger partial charge in [-0.05, 0) is 43.9 Å². The van der Waals surface area contributed by atoms with Crippen molar-refractivity contribution in [2.75, 3.05) is 29.1 Å². The van der Waals surface area contributed by atoms with E-state index in [-0.39, 0.29) is 23.5 Å². The smallest absolute Gasteiger partial charge is 0.234 e. The lowest BCUT2D eigenvalue weighted by molar-refractivity contribution is -0.125. The van der Waals surface area contributed by atoms with E-state index in [1.165, 1.54) is 18.1 Å². The molecule has 2 heterocycles. The number of anilines is 2. The van der Waals surface area contributed by atoms with Crippen LogP contribution in [-0.4, -0.2) is 46.7 Å². The molecule has 158 valence electrons. The first-order valence-electron chi connectivity index (χ1n) is 10.1. The molecule has 1 aromatic heterocycles. The largest absolute Gasteiger partial charge is 0.356 e. The van der Waals surface area contributed by atoms with Gasteiger partial charge < -0.3 is 15.5 Å². The number of nitrogens with one attached hydrogen (secondary N) is 2. The normalized spacial score (nSPS) is 16.9. The van der Waals surface area contributed by atoms with Gasteiger partial charge in [0.15, 0.2) is 0 Å². The van der Waals surface area contributed by atoms with Gasteiger partial charge in [0.2, 0.25) is 11.8 Å². The number of nitrogens with zero attached hydrogens (tertiary/aromatic N) is 3. The molecule has 2 aromatic rings. The van der Waals surface area contributed by atoms with Gasteiger partial charge in [-0.2, -0.15) is 0 Å². The van der Waals surface area contributed by atoms with Crippen LogP contribution >= 0.6 is 27.7 Å². The Labute approximate surface area is 188 Å². The van der Waals surface area contributed by atoms with Crippen LogP contribution in [0.5, 0.6) is 0 Å². The van der Waals surface area contributed by atoms with Crippen molar-refractivity contribution in [2.24, 2.45) is 5.92 Å². The standard InChI is InChI=1S/C21H24BrN5O2S/c22-15-2-1-3-17(10-15)25-19(28)12-30-20-11-18(23-13-24-20)27-8-6-14(7-9-27)21(29)26-16-4-5-16/h1-3,10-11,13-14,16H,4-9,12H2,(H,25,28)(H,26,29). The molecule has 2 aliphatic rings. The number of piperidine rings is 1. The molecular weight excluding hydrogens is 466 g/mol. The Morgan fingerprint density at radius 1 is 1.13 bits per heavy atom. The van der Waals surface area contributed by atoms with E-state index in [0.717, 1.165) is 59.8 Å². The summed E-state index contributed by atoms with van der Waals surface area (Å²) in [7, 11) is 0. The fraction of sp³-hybridized carbons (Fsp3) is 0.429. The Balaban J connectivity index is 1.26. The average Bonchev–Trinajstić information content (AvgIpc) is 3.57. The number of carbonyl (C=O) groups is 2. The summed E-state index contributed by atoms with van der Waals surface area (Å²) in [5, 5.41) is 6.75. The second kappa shape index (κ2) is 9.78. The van der Waals surface area contributed by atoms with Gasteiger partial charge in [-0.25, -0.2) is 9.97 Å². The molecule has 1 aliphatic carbocycles. The molecule has 0 unspecified atom stereocenters. The Hall–Kier alpha value is -2.13. The second-order valence-corrected chi connectivity index (χ2v) is 9.52. The van der Waals surface area contributed by atoms with Crippen LogP contribution in [0.2, 0.25) is 0 Å². The van der Waals surface area contributed by atoms with E-state index in [1.807, 2.05) is 30.3 Å². The van der Waals surface area contributed by atoms with Crippen LogP contribution in [0, 0.1) is 5.92 Å². The molecule has 0 atom stereocenters. The summed E-state index contributed by atoms with van der Waals surface area (Å²) in [5.74, 6) is 1.33. The third-order valence-electron chi connectivity index (χ3n) is 5.20. The predicted molar refractivity (Wildman–Crippen MR) is 122 cm³/mol. The minimum Gasteiger partial charge on any atom is -0.356 e. The maximum absolute atomic E-state index is 12.2. The number of aromatic nitrogens is 2. The topological polar surface area (TPSA) is 87.2 Å². The summed E-state index contributed by atoms with van der Waals surface area (Å²) in [6, 6.07) is 9.83. The van der Waals surface area contributed by atoms with E-state index in [9.17, 15) is 9.59 Å². The molecule has 1 aromatic carbocycles. The molecule has 0 spiro atoms. The first-order chi connectivity index (χ1) is 14.6. The predicted octanol–water partition coefficient (Wildman–Crippen LogP) is 3.46. The van der Waals surface area contributed by atoms with E-state index in [2.05, 4.69) is 41.4 Å². The number of halogens is 1. The molecule has 2 fully saturated rings. The van der Waals surface area contributed by atoms with Gasteiger partial charge >= 0.3 is 0 Å². The summed E-state index contributed by atoms with van der Waals surface area (Å²) in [6.45, 7) is 1.60.